The van der Waals surface area contributed by atoms with Gasteiger partial charge in [-0.2, -0.15) is 0 Å². The Hall–Kier alpha value is -1.60. The Kier molecular flexibility index (Phi) is 2.93. The second-order valence-electron chi connectivity index (χ2n) is 6.77. The van der Waals surface area contributed by atoms with Crippen LogP contribution in [0.25, 0.3) is 0 Å². The van der Waals surface area contributed by atoms with Crippen molar-refractivity contribution >= 4 is 0 Å². The zero-order chi connectivity index (χ0) is 14.4. The molecule has 21 heavy (non-hydrogen) atoms. The van der Waals surface area contributed by atoms with E-state index >= 15 is 0 Å². The fourth-order valence-electron chi connectivity index (χ4n) is 3.82. The van der Waals surface area contributed by atoms with Crippen LogP contribution in [-0.4, -0.2) is 5.11 Å². The lowest BCUT2D eigenvalue weighted by Gasteiger charge is -2.28. The molecule has 0 aromatic heterocycles. The van der Waals surface area contributed by atoms with Crippen LogP contribution < -0.4 is 0 Å². The SMILES string of the molecule is Cc1ccc2c(c1)C(O)(c1ccc(C3CCC3)cc1)CC2. The molecule has 108 valence electrons. The van der Waals surface area contributed by atoms with Gasteiger partial charge >= 0.3 is 0 Å². The quantitative estimate of drug-likeness (QED) is 0.860. The number of rotatable bonds is 2. The average Bonchev–Trinajstić information content (AvgIpc) is 2.76. The molecule has 1 saturated carbocycles. The molecule has 0 bridgehead atoms. The van der Waals surface area contributed by atoms with Crippen molar-refractivity contribution in [3.05, 3.63) is 70.3 Å². The summed E-state index contributed by atoms with van der Waals surface area (Å²) in [7, 11) is 0. The molecule has 0 spiro atoms. The number of aryl methyl sites for hydroxylation is 2. The van der Waals surface area contributed by atoms with Crippen molar-refractivity contribution in [2.45, 2.75) is 50.5 Å². The van der Waals surface area contributed by atoms with Gasteiger partial charge in [-0.15, -0.1) is 0 Å². The summed E-state index contributed by atoms with van der Waals surface area (Å²) < 4.78 is 0. The van der Waals surface area contributed by atoms with Crippen LogP contribution in [0.3, 0.4) is 0 Å². The summed E-state index contributed by atoms with van der Waals surface area (Å²) in [5.74, 6) is 0.756. The molecule has 1 atom stereocenters. The normalized spacial score (nSPS) is 24.7. The molecule has 0 aliphatic heterocycles. The Morgan fingerprint density at radius 2 is 1.81 bits per heavy atom. The molecular formula is C20H22O. The van der Waals surface area contributed by atoms with E-state index in [9.17, 15) is 5.11 Å². The van der Waals surface area contributed by atoms with Crippen molar-refractivity contribution in [2.24, 2.45) is 0 Å². The summed E-state index contributed by atoms with van der Waals surface area (Å²) in [4.78, 5) is 0. The summed E-state index contributed by atoms with van der Waals surface area (Å²) in [6, 6.07) is 15.2. The van der Waals surface area contributed by atoms with Gasteiger partial charge in [0, 0.05) is 0 Å². The van der Waals surface area contributed by atoms with Gasteiger partial charge in [0.25, 0.3) is 0 Å². The van der Waals surface area contributed by atoms with Crippen LogP contribution >= 0.6 is 0 Å². The van der Waals surface area contributed by atoms with Gasteiger partial charge in [0.15, 0.2) is 0 Å². The maximum Gasteiger partial charge on any atom is 0.115 e. The highest BCUT2D eigenvalue weighted by Gasteiger charge is 2.38. The first-order chi connectivity index (χ1) is 10.2. The van der Waals surface area contributed by atoms with E-state index in [1.165, 1.54) is 36.0 Å². The van der Waals surface area contributed by atoms with Crippen LogP contribution in [0.15, 0.2) is 42.5 Å². The van der Waals surface area contributed by atoms with E-state index in [-0.39, 0.29) is 0 Å². The fourth-order valence-corrected chi connectivity index (χ4v) is 3.82. The molecular weight excluding hydrogens is 256 g/mol. The van der Waals surface area contributed by atoms with Gasteiger partial charge in [0.2, 0.25) is 0 Å². The highest BCUT2D eigenvalue weighted by molar-refractivity contribution is 5.47. The number of fused-ring (bicyclic) bond motifs is 1. The molecule has 1 heteroatoms. The molecule has 0 amide bonds. The Labute approximate surface area is 126 Å². The summed E-state index contributed by atoms with van der Waals surface area (Å²) in [5.41, 5.74) is 5.33. The molecule has 2 aliphatic rings. The van der Waals surface area contributed by atoms with Crippen LogP contribution in [-0.2, 0) is 12.0 Å². The second-order valence-corrected chi connectivity index (χ2v) is 6.77. The van der Waals surface area contributed by atoms with E-state index in [4.69, 9.17) is 0 Å². The highest BCUT2D eigenvalue weighted by atomic mass is 16.3. The average molecular weight is 278 g/mol. The maximum atomic E-state index is 11.2. The third-order valence-electron chi connectivity index (χ3n) is 5.43. The monoisotopic (exact) mass is 278 g/mol. The zero-order valence-electron chi connectivity index (χ0n) is 12.6. The van der Waals surface area contributed by atoms with Crippen molar-refractivity contribution < 1.29 is 5.11 Å². The minimum absolute atomic E-state index is 0.756. The minimum Gasteiger partial charge on any atom is -0.380 e. The van der Waals surface area contributed by atoms with Gasteiger partial charge in [0.05, 0.1) is 0 Å². The van der Waals surface area contributed by atoms with Crippen LogP contribution in [0, 0.1) is 6.92 Å². The molecule has 2 aromatic rings. The fraction of sp³-hybridized carbons (Fsp3) is 0.400. The van der Waals surface area contributed by atoms with E-state index in [2.05, 4.69) is 49.4 Å². The number of aliphatic hydroxyl groups is 1. The van der Waals surface area contributed by atoms with Crippen LogP contribution in [0.4, 0.5) is 0 Å². The molecule has 0 heterocycles. The van der Waals surface area contributed by atoms with Crippen molar-refractivity contribution in [3.8, 4) is 0 Å². The Morgan fingerprint density at radius 3 is 2.48 bits per heavy atom. The van der Waals surface area contributed by atoms with E-state index in [0.717, 1.165) is 29.9 Å². The van der Waals surface area contributed by atoms with Crippen molar-refractivity contribution in [1.82, 2.24) is 0 Å². The van der Waals surface area contributed by atoms with E-state index in [1.807, 2.05) is 0 Å². The van der Waals surface area contributed by atoms with E-state index in [1.54, 1.807) is 0 Å². The number of hydrogen-bond donors (Lipinski definition) is 1. The molecule has 1 N–H and O–H groups in total. The lowest BCUT2D eigenvalue weighted by Crippen LogP contribution is -2.24. The zero-order valence-corrected chi connectivity index (χ0v) is 12.6. The molecule has 1 unspecified atom stereocenters. The van der Waals surface area contributed by atoms with E-state index in [0.29, 0.717) is 0 Å². The van der Waals surface area contributed by atoms with E-state index < -0.39 is 5.60 Å². The smallest absolute Gasteiger partial charge is 0.115 e. The van der Waals surface area contributed by atoms with Gasteiger partial charge in [-0.1, -0.05) is 54.4 Å². The minimum atomic E-state index is -0.792. The second kappa shape index (κ2) is 4.71. The van der Waals surface area contributed by atoms with Gasteiger partial charge in [-0.25, -0.2) is 0 Å². The Balaban J connectivity index is 1.71. The van der Waals surface area contributed by atoms with Crippen LogP contribution in [0.5, 0.6) is 0 Å². The van der Waals surface area contributed by atoms with Gasteiger partial charge in [-0.3, -0.25) is 0 Å². The predicted molar refractivity (Wildman–Crippen MR) is 85.5 cm³/mol. The molecule has 4 rings (SSSR count). The van der Waals surface area contributed by atoms with Gasteiger partial charge < -0.3 is 5.11 Å². The molecule has 0 radical (unpaired) electrons. The predicted octanol–water partition coefficient (Wildman–Crippen LogP) is 4.44. The first-order valence-electron chi connectivity index (χ1n) is 8.10. The standard InChI is InChI=1S/C20H22O/c1-14-5-6-17-11-12-20(21,19(17)13-14)18-9-7-16(8-10-18)15-3-2-4-15/h5-10,13,15,21H,2-4,11-12H2,1H3. The van der Waals surface area contributed by atoms with Crippen LogP contribution in [0.1, 0.15) is 59.4 Å². The maximum absolute atomic E-state index is 11.2. The lowest BCUT2D eigenvalue weighted by molar-refractivity contribution is 0.0828. The Morgan fingerprint density at radius 1 is 1.05 bits per heavy atom. The van der Waals surface area contributed by atoms with Crippen LogP contribution in [0.2, 0.25) is 0 Å². The van der Waals surface area contributed by atoms with Crippen molar-refractivity contribution in [3.63, 3.8) is 0 Å². The summed E-state index contributed by atoms with van der Waals surface area (Å²) in [6.45, 7) is 2.10. The first kappa shape index (κ1) is 13.1. The van der Waals surface area contributed by atoms with Crippen molar-refractivity contribution in [2.75, 3.05) is 0 Å². The molecule has 1 nitrogen and oxygen atoms in total. The summed E-state index contributed by atoms with van der Waals surface area (Å²) in [6.07, 6.45) is 5.78. The molecule has 2 aliphatic carbocycles. The molecule has 2 aromatic carbocycles. The summed E-state index contributed by atoms with van der Waals surface area (Å²) >= 11 is 0. The third-order valence-corrected chi connectivity index (χ3v) is 5.43. The topological polar surface area (TPSA) is 20.2 Å². The lowest BCUT2D eigenvalue weighted by atomic mass is 9.79. The Bertz CT molecular complexity index is 667. The first-order valence-corrected chi connectivity index (χ1v) is 8.10. The largest absolute Gasteiger partial charge is 0.380 e. The number of benzene rings is 2. The van der Waals surface area contributed by atoms with Crippen molar-refractivity contribution in [1.29, 1.82) is 0 Å². The van der Waals surface area contributed by atoms with Gasteiger partial charge in [-0.05, 0) is 60.8 Å². The number of hydrogen-bond acceptors (Lipinski definition) is 1. The highest BCUT2D eigenvalue weighted by Crippen LogP contribution is 2.43. The summed E-state index contributed by atoms with van der Waals surface area (Å²) in [5, 5.41) is 11.2. The molecule has 1 fully saturated rings. The molecule has 0 saturated heterocycles. The van der Waals surface area contributed by atoms with Gasteiger partial charge in [0.1, 0.15) is 5.60 Å². The third kappa shape index (κ3) is 2.03.